The number of nitrogens with zero attached hydrogens (tertiary/aromatic N) is 1. The SMILES string of the molecule is COC(C)CNC(=O)N1CCCc2c(C(=O)O)cccc21. The fourth-order valence-corrected chi connectivity index (χ4v) is 2.45. The molecule has 0 radical (unpaired) electrons. The zero-order valence-electron chi connectivity index (χ0n) is 12.3. The molecule has 1 heterocycles. The van der Waals surface area contributed by atoms with Crippen molar-refractivity contribution in [3.8, 4) is 0 Å². The number of nitrogens with one attached hydrogen (secondary N) is 1. The number of benzene rings is 1. The first-order valence-electron chi connectivity index (χ1n) is 6.98. The number of methoxy groups -OCH3 is 1. The number of carbonyl (C=O) groups is 2. The second-order valence-corrected chi connectivity index (χ2v) is 5.10. The maximum absolute atomic E-state index is 12.3. The summed E-state index contributed by atoms with van der Waals surface area (Å²) in [5.74, 6) is -0.956. The number of carbonyl (C=O) groups excluding carboxylic acids is 1. The molecule has 114 valence electrons. The van der Waals surface area contributed by atoms with Crippen LogP contribution in [-0.4, -0.2) is 43.4 Å². The number of urea groups is 1. The smallest absolute Gasteiger partial charge is 0.336 e. The van der Waals surface area contributed by atoms with Gasteiger partial charge in [0.05, 0.1) is 11.7 Å². The van der Waals surface area contributed by atoms with Crippen molar-refractivity contribution >= 4 is 17.7 Å². The molecule has 1 atom stereocenters. The summed E-state index contributed by atoms with van der Waals surface area (Å²) in [7, 11) is 1.59. The molecule has 1 aromatic rings. The highest BCUT2D eigenvalue weighted by Gasteiger charge is 2.25. The molecule has 0 saturated carbocycles. The third-order valence-corrected chi connectivity index (χ3v) is 3.67. The van der Waals surface area contributed by atoms with E-state index in [-0.39, 0.29) is 17.7 Å². The molecule has 6 nitrogen and oxygen atoms in total. The predicted molar refractivity (Wildman–Crippen MR) is 78.9 cm³/mol. The van der Waals surface area contributed by atoms with Gasteiger partial charge in [0.2, 0.25) is 0 Å². The topological polar surface area (TPSA) is 78.9 Å². The van der Waals surface area contributed by atoms with E-state index in [0.29, 0.717) is 25.2 Å². The summed E-state index contributed by atoms with van der Waals surface area (Å²) in [6, 6.07) is 4.82. The van der Waals surface area contributed by atoms with Crippen LogP contribution in [0.4, 0.5) is 10.5 Å². The fraction of sp³-hybridized carbons (Fsp3) is 0.467. The minimum atomic E-state index is -0.956. The largest absolute Gasteiger partial charge is 0.478 e. The lowest BCUT2D eigenvalue weighted by Gasteiger charge is -2.30. The van der Waals surface area contributed by atoms with Gasteiger partial charge in [0, 0.05) is 25.9 Å². The predicted octanol–water partition coefficient (Wildman–Crippen LogP) is 1.88. The van der Waals surface area contributed by atoms with Crippen molar-refractivity contribution in [2.24, 2.45) is 0 Å². The van der Waals surface area contributed by atoms with E-state index in [0.717, 1.165) is 12.0 Å². The highest BCUT2D eigenvalue weighted by Crippen LogP contribution is 2.29. The zero-order chi connectivity index (χ0) is 15.4. The first-order chi connectivity index (χ1) is 10.0. The number of aromatic carboxylic acids is 1. The highest BCUT2D eigenvalue weighted by molar-refractivity contribution is 5.97. The molecule has 21 heavy (non-hydrogen) atoms. The molecule has 0 spiro atoms. The van der Waals surface area contributed by atoms with E-state index in [1.807, 2.05) is 6.92 Å². The van der Waals surface area contributed by atoms with Crippen LogP contribution >= 0.6 is 0 Å². The number of hydrogen-bond acceptors (Lipinski definition) is 3. The third-order valence-electron chi connectivity index (χ3n) is 3.67. The molecule has 1 unspecified atom stereocenters. The van der Waals surface area contributed by atoms with Gasteiger partial charge in [-0.2, -0.15) is 0 Å². The molecule has 0 aromatic heterocycles. The summed E-state index contributed by atoms with van der Waals surface area (Å²) in [5.41, 5.74) is 1.69. The lowest BCUT2D eigenvalue weighted by molar-refractivity contribution is 0.0695. The maximum atomic E-state index is 12.3. The van der Waals surface area contributed by atoms with Gasteiger partial charge in [-0.1, -0.05) is 6.07 Å². The number of fused-ring (bicyclic) bond motifs is 1. The van der Waals surface area contributed by atoms with Gasteiger partial charge < -0.3 is 15.2 Å². The lowest BCUT2D eigenvalue weighted by atomic mass is 9.96. The van der Waals surface area contributed by atoms with Gasteiger partial charge in [-0.15, -0.1) is 0 Å². The summed E-state index contributed by atoms with van der Waals surface area (Å²) in [6.45, 7) is 2.87. The van der Waals surface area contributed by atoms with Crippen molar-refractivity contribution in [3.05, 3.63) is 29.3 Å². The van der Waals surface area contributed by atoms with Crippen LogP contribution in [0.2, 0.25) is 0 Å². The summed E-state index contributed by atoms with van der Waals surface area (Å²) in [4.78, 5) is 25.1. The van der Waals surface area contributed by atoms with Crippen LogP contribution in [-0.2, 0) is 11.2 Å². The minimum Gasteiger partial charge on any atom is -0.478 e. The van der Waals surface area contributed by atoms with Gasteiger partial charge in [-0.25, -0.2) is 9.59 Å². The maximum Gasteiger partial charge on any atom is 0.336 e. The molecule has 1 aliphatic rings. The first kappa shape index (κ1) is 15.3. The van der Waals surface area contributed by atoms with Crippen molar-refractivity contribution in [1.82, 2.24) is 5.32 Å². The molecule has 0 bridgehead atoms. The molecule has 2 N–H and O–H groups in total. The van der Waals surface area contributed by atoms with Crippen molar-refractivity contribution in [1.29, 1.82) is 0 Å². The number of amides is 2. The van der Waals surface area contributed by atoms with Crippen LogP contribution in [0.3, 0.4) is 0 Å². The normalized spacial score (nSPS) is 15.2. The zero-order valence-corrected chi connectivity index (χ0v) is 12.3. The number of hydrogen-bond donors (Lipinski definition) is 2. The summed E-state index contributed by atoms with van der Waals surface area (Å²) >= 11 is 0. The second-order valence-electron chi connectivity index (χ2n) is 5.10. The molecule has 2 rings (SSSR count). The minimum absolute atomic E-state index is 0.0661. The average molecular weight is 292 g/mol. The molecule has 1 aliphatic heterocycles. The van der Waals surface area contributed by atoms with Gasteiger partial charge in [0.1, 0.15) is 0 Å². The number of carboxylic acid groups (broad SMARTS) is 1. The Morgan fingerprint density at radius 3 is 2.90 bits per heavy atom. The van der Waals surface area contributed by atoms with E-state index < -0.39 is 5.97 Å². The Morgan fingerprint density at radius 1 is 1.48 bits per heavy atom. The summed E-state index contributed by atoms with van der Waals surface area (Å²) in [6.07, 6.45) is 1.37. The van der Waals surface area contributed by atoms with Crippen molar-refractivity contribution in [2.45, 2.75) is 25.9 Å². The molecule has 0 fully saturated rings. The van der Waals surface area contributed by atoms with Crippen molar-refractivity contribution in [3.63, 3.8) is 0 Å². The van der Waals surface area contributed by atoms with E-state index in [2.05, 4.69) is 5.32 Å². The Morgan fingerprint density at radius 2 is 2.24 bits per heavy atom. The van der Waals surface area contributed by atoms with Crippen LogP contribution in [0.5, 0.6) is 0 Å². The van der Waals surface area contributed by atoms with E-state index >= 15 is 0 Å². The average Bonchev–Trinajstić information content (AvgIpc) is 2.50. The van der Waals surface area contributed by atoms with Gasteiger partial charge in [-0.3, -0.25) is 4.90 Å². The summed E-state index contributed by atoms with van der Waals surface area (Å²) in [5, 5.41) is 12.0. The molecular formula is C15H20N2O4. The Balaban J connectivity index is 2.20. The van der Waals surface area contributed by atoms with Crippen LogP contribution < -0.4 is 10.2 Å². The Bertz CT molecular complexity index is 544. The third kappa shape index (κ3) is 3.33. The van der Waals surface area contributed by atoms with Crippen molar-refractivity contribution < 1.29 is 19.4 Å². The molecule has 1 aromatic carbocycles. The van der Waals surface area contributed by atoms with E-state index in [1.165, 1.54) is 0 Å². The molecule has 0 aliphatic carbocycles. The van der Waals surface area contributed by atoms with Gasteiger partial charge in [0.25, 0.3) is 0 Å². The fourth-order valence-electron chi connectivity index (χ4n) is 2.45. The van der Waals surface area contributed by atoms with Crippen LogP contribution in [0.1, 0.15) is 29.3 Å². The Hall–Kier alpha value is -2.08. The number of anilines is 1. The quantitative estimate of drug-likeness (QED) is 0.888. The van der Waals surface area contributed by atoms with Crippen molar-refractivity contribution in [2.75, 3.05) is 25.1 Å². The van der Waals surface area contributed by atoms with Gasteiger partial charge in [0.15, 0.2) is 0 Å². The van der Waals surface area contributed by atoms with E-state index in [1.54, 1.807) is 30.2 Å². The van der Waals surface area contributed by atoms with Gasteiger partial charge in [-0.05, 0) is 37.5 Å². The molecule has 6 heteroatoms. The second kappa shape index (κ2) is 6.58. The number of rotatable bonds is 4. The first-order valence-corrected chi connectivity index (χ1v) is 6.98. The Labute approximate surface area is 123 Å². The van der Waals surface area contributed by atoms with Crippen LogP contribution in [0, 0.1) is 0 Å². The van der Waals surface area contributed by atoms with E-state index in [4.69, 9.17) is 4.74 Å². The van der Waals surface area contributed by atoms with Crippen LogP contribution in [0.15, 0.2) is 18.2 Å². The highest BCUT2D eigenvalue weighted by atomic mass is 16.5. The monoisotopic (exact) mass is 292 g/mol. The molecular weight excluding hydrogens is 272 g/mol. The molecule has 0 saturated heterocycles. The lowest BCUT2D eigenvalue weighted by Crippen LogP contribution is -2.45. The van der Waals surface area contributed by atoms with Crippen LogP contribution in [0.25, 0.3) is 0 Å². The Kier molecular flexibility index (Phi) is 4.80. The number of ether oxygens (including phenoxy) is 1. The standard InChI is InChI=1S/C15H20N2O4/c1-10(21-2)9-16-15(20)17-8-4-6-11-12(14(18)19)5-3-7-13(11)17/h3,5,7,10H,4,6,8-9H2,1-2H3,(H,16,20)(H,18,19). The molecule has 2 amide bonds. The summed E-state index contributed by atoms with van der Waals surface area (Å²) < 4.78 is 5.10. The van der Waals surface area contributed by atoms with Gasteiger partial charge >= 0.3 is 12.0 Å². The number of carboxylic acids is 1. The van der Waals surface area contributed by atoms with E-state index in [9.17, 15) is 14.7 Å².